The summed E-state index contributed by atoms with van der Waals surface area (Å²) < 4.78 is 70.8. The molecule has 4 rings (SSSR count). The molecule has 1 heterocycles. The molecule has 0 aliphatic heterocycles. The van der Waals surface area contributed by atoms with Gasteiger partial charge in [0, 0.05) is 35.2 Å². The summed E-state index contributed by atoms with van der Waals surface area (Å²) in [6.07, 6.45) is -0.776. The Morgan fingerprint density at radius 1 is 1.09 bits per heavy atom. The summed E-state index contributed by atoms with van der Waals surface area (Å²) in [4.78, 5) is 38.6. The van der Waals surface area contributed by atoms with Crippen LogP contribution >= 0.6 is 11.6 Å². The molecule has 1 unspecified atom stereocenters. The fourth-order valence-corrected chi connectivity index (χ4v) is 5.19. The second-order valence-electron chi connectivity index (χ2n) is 10.8. The number of amides is 1. The van der Waals surface area contributed by atoms with Crippen LogP contribution < -0.4 is 20.8 Å². The van der Waals surface area contributed by atoms with E-state index in [1.54, 1.807) is 0 Å². The second-order valence-corrected chi connectivity index (χ2v) is 11.3. The highest BCUT2D eigenvalue weighted by Gasteiger charge is 2.34. The number of hydrogen-bond donors (Lipinski definition) is 1. The maximum atomic E-state index is 14.4. The van der Waals surface area contributed by atoms with E-state index in [9.17, 15) is 31.9 Å². The molecule has 1 fully saturated rings. The molecular weight excluding hydrogens is 608 g/mol. The van der Waals surface area contributed by atoms with Crippen molar-refractivity contribution in [2.75, 3.05) is 20.3 Å². The van der Waals surface area contributed by atoms with E-state index >= 15 is 0 Å². The first-order valence-corrected chi connectivity index (χ1v) is 14.1. The first kappa shape index (κ1) is 33.0. The lowest BCUT2D eigenvalue weighted by Gasteiger charge is -2.38. The number of benzene rings is 2. The first-order valence-electron chi connectivity index (χ1n) is 13.7. The highest BCUT2D eigenvalue weighted by atomic mass is 35.5. The second kappa shape index (κ2) is 13.4. The molecule has 1 saturated carbocycles. The van der Waals surface area contributed by atoms with Crippen LogP contribution in [0.3, 0.4) is 0 Å². The minimum absolute atomic E-state index is 0.0604. The van der Waals surface area contributed by atoms with Crippen molar-refractivity contribution in [1.82, 2.24) is 4.57 Å². The van der Waals surface area contributed by atoms with E-state index in [1.165, 1.54) is 43.6 Å². The summed E-state index contributed by atoms with van der Waals surface area (Å²) >= 11 is 6.13. The number of carbonyl (C=O) groups excluding carboxylic acids is 2. The van der Waals surface area contributed by atoms with Crippen LogP contribution in [0.25, 0.3) is 11.1 Å². The van der Waals surface area contributed by atoms with Crippen LogP contribution in [0.2, 0.25) is 5.02 Å². The largest absolute Gasteiger partial charge is 0.495 e. The Kier molecular flexibility index (Phi) is 10.0. The quantitative estimate of drug-likeness (QED) is 0.228. The predicted octanol–water partition coefficient (Wildman–Crippen LogP) is 6.06. The Balaban J connectivity index is 1.71. The number of methoxy groups -OCH3 is 1. The third kappa shape index (κ3) is 7.97. The van der Waals surface area contributed by atoms with E-state index in [0.717, 1.165) is 36.0 Å². The van der Waals surface area contributed by atoms with Crippen LogP contribution in [0.4, 0.5) is 17.6 Å². The lowest BCUT2D eigenvalue weighted by Crippen LogP contribution is -2.38. The number of hydrogen-bond acceptors (Lipinski definition) is 6. The molecule has 0 bridgehead atoms. The van der Waals surface area contributed by atoms with Crippen molar-refractivity contribution < 1.29 is 41.4 Å². The SMILES string of the molecule is COc1cn(C(CCOC2(C)CCC2)C(=O)Cc2ccc(C(N)=O)c(F)c2)c(=O)cc1-c1cc(Cl)ccc1OCC(F)(F)F. The van der Waals surface area contributed by atoms with Crippen molar-refractivity contribution in [3.8, 4) is 22.6 Å². The van der Waals surface area contributed by atoms with Gasteiger partial charge in [-0.1, -0.05) is 17.7 Å². The standard InChI is InChI=1S/C31H31ClF4N2O6/c1-30(9-3-10-30)44-11-8-24(25(39)13-18-4-6-20(29(37)41)23(33)12-18)38-16-27(42-2)22(15-28(38)40)21-14-19(32)5-7-26(21)43-17-31(34,35)36/h4-7,12,14-16,24H,3,8-11,13,17H2,1-2H3,(H2,37,41). The Bertz CT molecular complexity index is 1600. The Hall–Kier alpha value is -3.90. The van der Waals surface area contributed by atoms with Gasteiger partial charge in [0.2, 0.25) is 0 Å². The summed E-state index contributed by atoms with van der Waals surface area (Å²) in [5, 5.41) is 0.176. The molecule has 13 heteroatoms. The van der Waals surface area contributed by atoms with Gasteiger partial charge in [-0.2, -0.15) is 13.2 Å². The Morgan fingerprint density at radius 3 is 2.39 bits per heavy atom. The fourth-order valence-electron chi connectivity index (χ4n) is 5.02. The maximum Gasteiger partial charge on any atom is 0.422 e. The van der Waals surface area contributed by atoms with Gasteiger partial charge in [-0.15, -0.1) is 0 Å². The lowest BCUT2D eigenvalue weighted by atomic mass is 9.82. The fraction of sp³-hybridized carbons (Fsp3) is 0.387. The van der Waals surface area contributed by atoms with Crippen LogP contribution in [-0.2, 0) is 16.0 Å². The molecule has 1 amide bonds. The molecule has 2 aromatic carbocycles. The molecule has 0 spiro atoms. The summed E-state index contributed by atoms with van der Waals surface area (Å²) in [7, 11) is 1.30. The molecule has 2 N–H and O–H groups in total. The predicted molar refractivity (Wildman–Crippen MR) is 155 cm³/mol. The smallest absolute Gasteiger partial charge is 0.422 e. The van der Waals surface area contributed by atoms with E-state index in [1.807, 2.05) is 6.92 Å². The molecule has 1 aliphatic rings. The van der Waals surface area contributed by atoms with E-state index in [-0.39, 0.29) is 63.8 Å². The molecule has 0 saturated heterocycles. The van der Waals surface area contributed by atoms with Gasteiger partial charge in [-0.25, -0.2) is 4.39 Å². The molecule has 1 atom stereocenters. The van der Waals surface area contributed by atoms with Gasteiger partial charge in [0.05, 0.1) is 30.5 Å². The van der Waals surface area contributed by atoms with Crippen molar-refractivity contribution >= 4 is 23.3 Å². The van der Waals surface area contributed by atoms with E-state index in [0.29, 0.717) is 0 Å². The van der Waals surface area contributed by atoms with E-state index < -0.39 is 41.9 Å². The molecule has 0 radical (unpaired) electrons. The number of pyridine rings is 1. The molecule has 8 nitrogen and oxygen atoms in total. The molecular formula is C31H31ClF4N2O6. The Morgan fingerprint density at radius 2 is 1.80 bits per heavy atom. The number of Topliss-reactive ketones (excluding diaryl/α,β-unsaturated/α-hetero) is 1. The van der Waals surface area contributed by atoms with Gasteiger partial charge in [0.1, 0.15) is 17.3 Å². The number of ketones is 1. The van der Waals surface area contributed by atoms with Crippen LogP contribution in [-0.4, -0.2) is 48.4 Å². The number of alkyl halides is 3. The number of halogens is 5. The highest BCUT2D eigenvalue weighted by Crippen LogP contribution is 2.39. The first-order chi connectivity index (χ1) is 20.7. The summed E-state index contributed by atoms with van der Waals surface area (Å²) in [5.41, 5.74) is 4.30. The zero-order valence-corrected chi connectivity index (χ0v) is 24.8. The van der Waals surface area contributed by atoms with Gasteiger partial charge < -0.3 is 24.5 Å². The number of nitrogens with zero attached hydrogens (tertiary/aromatic N) is 1. The third-order valence-corrected chi connectivity index (χ3v) is 7.76. The molecule has 1 aromatic heterocycles. The average Bonchev–Trinajstić information content (AvgIpc) is 2.93. The summed E-state index contributed by atoms with van der Waals surface area (Å²) in [5.74, 6) is -2.41. The van der Waals surface area contributed by atoms with Crippen molar-refractivity contribution in [1.29, 1.82) is 0 Å². The molecule has 1 aliphatic carbocycles. The molecule has 236 valence electrons. The van der Waals surface area contributed by atoms with Crippen LogP contribution in [0, 0.1) is 5.82 Å². The van der Waals surface area contributed by atoms with Crippen LogP contribution in [0.1, 0.15) is 54.6 Å². The van der Waals surface area contributed by atoms with Gasteiger partial charge in [-0.05, 0) is 68.5 Å². The molecule has 44 heavy (non-hydrogen) atoms. The zero-order valence-electron chi connectivity index (χ0n) is 24.0. The van der Waals surface area contributed by atoms with Crippen molar-refractivity contribution in [3.05, 3.63) is 81.0 Å². The average molecular weight is 639 g/mol. The number of carbonyl (C=O) groups is 2. The van der Waals surface area contributed by atoms with Crippen molar-refractivity contribution in [3.63, 3.8) is 0 Å². The number of aromatic nitrogens is 1. The minimum Gasteiger partial charge on any atom is -0.495 e. The van der Waals surface area contributed by atoms with E-state index in [2.05, 4.69) is 0 Å². The highest BCUT2D eigenvalue weighted by molar-refractivity contribution is 6.31. The number of ether oxygens (including phenoxy) is 3. The van der Waals surface area contributed by atoms with Gasteiger partial charge in [0.15, 0.2) is 12.4 Å². The maximum absolute atomic E-state index is 14.4. The summed E-state index contributed by atoms with van der Waals surface area (Å²) in [6.45, 7) is 0.531. The Labute approximate surface area is 255 Å². The summed E-state index contributed by atoms with van der Waals surface area (Å²) in [6, 6.07) is 7.61. The monoisotopic (exact) mass is 638 g/mol. The third-order valence-electron chi connectivity index (χ3n) is 7.52. The normalized spacial score (nSPS) is 14.9. The zero-order chi connectivity index (χ0) is 32.2. The number of nitrogens with two attached hydrogens (primary N) is 1. The van der Waals surface area contributed by atoms with Crippen molar-refractivity contribution in [2.45, 2.75) is 56.8 Å². The number of rotatable bonds is 13. The van der Waals surface area contributed by atoms with Gasteiger partial charge in [-0.3, -0.25) is 14.4 Å². The van der Waals surface area contributed by atoms with Gasteiger partial charge in [0.25, 0.3) is 11.5 Å². The topological polar surface area (TPSA) is 110 Å². The molecule has 3 aromatic rings. The van der Waals surface area contributed by atoms with E-state index in [4.69, 9.17) is 31.5 Å². The van der Waals surface area contributed by atoms with Crippen LogP contribution in [0.15, 0.2) is 53.5 Å². The van der Waals surface area contributed by atoms with Crippen molar-refractivity contribution in [2.24, 2.45) is 5.73 Å². The minimum atomic E-state index is -4.61. The number of primary amides is 1. The van der Waals surface area contributed by atoms with Crippen LogP contribution in [0.5, 0.6) is 11.5 Å². The lowest BCUT2D eigenvalue weighted by molar-refractivity contribution is -0.153. The van der Waals surface area contributed by atoms with Gasteiger partial charge >= 0.3 is 6.18 Å².